The standard InChI is InChI=1S/C18H23N3O5/c1-21(9-8-13-6-7-14(24-2)16(11-13)25-3)12-17(22)19-20-18(23)15-5-4-10-26-15/h4-7,10-11H,8-9,12H2,1-3H3,(H,19,22)(H,20,23)/p+1. The van der Waals surface area contributed by atoms with E-state index in [-0.39, 0.29) is 18.2 Å². The van der Waals surface area contributed by atoms with Crippen molar-refractivity contribution >= 4 is 11.8 Å². The highest BCUT2D eigenvalue weighted by molar-refractivity contribution is 5.92. The van der Waals surface area contributed by atoms with Crippen molar-refractivity contribution in [1.29, 1.82) is 0 Å². The molecular formula is C18H24N3O5+. The van der Waals surface area contributed by atoms with Gasteiger partial charge in [0.15, 0.2) is 23.8 Å². The van der Waals surface area contributed by atoms with Crippen molar-refractivity contribution in [1.82, 2.24) is 10.9 Å². The molecule has 0 aliphatic carbocycles. The fraction of sp³-hybridized carbons (Fsp3) is 0.333. The third kappa shape index (κ3) is 5.52. The third-order valence-corrected chi connectivity index (χ3v) is 3.81. The van der Waals surface area contributed by atoms with E-state index < -0.39 is 5.91 Å². The normalized spacial score (nSPS) is 11.5. The summed E-state index contributed by atoms with van der Waals surface area (Å²) in [7, 11) is 5.10. The van der Waals surface area contributed by atoms with Gasteiger partial charge < -0.3 is 18.8 Å². The Morgan fingerprint density at radius 1 is 1.12 bits per heavy atom. The van der Waals surface area contributed by atoms with Crippen molar-refractivity contribution in [2.45, 2.75) is 6.42 Å². The average Bonchev–Trinajstić information content (AvgIpc) is 3.19. The number of hydrogen-bond acceptors (Lipinski definition) is 5. The Labute approximate surface area is 152 Å². The number of ether oxygens (including phenoxy) is 2. The molecular weight excluding hydrogens is 338 g/mol. The number of carbonyl (C=O) groups excluding carboxylic acids is 2. The van der Waals surface area contributed by atoms with Gasteiger partial charge in [-0.25, -0.2) is 0 Å². The Balaban J connectivity index is 1.75. The van der Waals surface area contributed by atoms with Crippen LogP contribution in [-0.4, -0.2) is 46.2 Å². The summed E-state index contributed by atoms with van der Waals surface area (Å²) in [5.74, 6) is 0.727. The van der Waals surface area contributed by atoms with Crippen LogP contribution in [0.3, 0.4) is 0 Å². The van der Waals surface area contributed by atoms with Crippen molar-refractivity contribution in [2.24, 2.45) is 0 Å². The average molecular weight is 362 g/mol. The molecule has 26 heavy (non-hydrogen) atoms. The third-order valence-electron chi connectivity index (χ3n) is 3.81. The molecule has 1 atom stereocenters. The molecule has 0 radical (unpaired) electrons. The second kappa shape index (κ2) is 9.47. The van der Waals surface area contributed by atoms with Crippen LogP contribution in [0.5, 0.6) is 11.5 Å². The predicted octanol–water partition coefficient (Wildman–Crippen LogP) is -0.185. The molecule has 0 fully saturated rings. The molecule has 1 unspecified atom stereocenters. The van der Waals surface area contributed by atoms with Gasteiger partial charge >= 0.3 is 5.91 Å². The molecule has 0 saturated carbocycles. The number of hydrogen-bond donors (Lipinski definition) is 3. The lowest BCUT2D eigenvalue weighted by Crippen LogP contribution is -3.10. The lowest BCUT2D eigenvalue weighted by molar-refractivity contribution is -0.871. The molecule has 2 aromatic rings. The van der Waals surface area contributed by atoms with E-state index in [9.17, 15) is 9.59 Å². The van der Waals surface area contributed by atoms with E-state index in [0.29, 0.717) is 11.5 Å². The zero-order valence-corrected chi connectivity index (χ0v) is 15.1. The molecule has 2 amide bonds. The molecule has 8 heteroatoms. The molecule has 0 spiro atoms. The summed E-state index contributed by atoms with van der Waals surface area (Å²) >= 11 is 0. The van der Waals surface area contributed by atoms with E-state index in [0.717, 1.165) is 23.4 Å². The molecule has 0 saturated heterocycles. The number of nitrogens with one attached hydrogen (secondary N) is 3. The molecule has 1 heterocycles. The van der Waals surface area contributed by atoms with Gasteiger partial charge in [-0.2, -0.15) is 0 Å². The fourth-order valence-corrected chi connectivity index (χ4v) is 2.40. The molecule has 8 nitrogen and oxygen atoms in total. The van der Waals surface area contributed by atoms with E-state index in [2.05, 4.69) is 10.9 Å². The first-order chi connectivity index (χ1) is 12.5. The summed E-state index contributed by atoms with van der Waals surface area (Å²) in [6, 6.07) is 8.87. The van der Waals surface area contributed by atoms with Gasteiger partial charge in [0.05, 0.1) is 34.1 Å². The van der Waals surface area contributed by atoms with Gasteiger partial charge in [-0.05, 0) is 29.8 Å². The lowest BCUT2D eigenvalue weighted by Gasteiger charge is -2.15. The number of rotatable bonds is 8. The first-order valence-electron chi connectivity index (χ1n) is 8.18. The van der Waals surface area contributed by atoms with E-state index in [4.69, 9.17) is 13.9 Å². The highest BCUT2D eigenvalue weighted by Crippen LogP contribution is 2.27. The summed E-state index contributed by atoms with van der Waals surface area (Å²) in [5, 5.41) is 0. The smallest absolute Gasteiger partial charge is 0.305 e. The molecule has 0 aliphatic rings. The minimum absolute atomic E-state index is 0.138. The van der Waals surface area contributed by atoms with Gasteiger partial charge in [0.25, 0.3) is 5.91 Å². The zero-order valence-electron chi connectivity index (χ0n) is 15.1. The number of carbonyl (C=O) groups is 2. The monoisotopic (exact) mass is 362 g/mol. The fourth-order valence-electron chi connectivity index (χ4n) is 2.40. The van der Waals surface area contributed by atoms with Crippen molar-refractivity contribution < 1.29 is 28.4 Å². The largest absolute Gasteiger partial charge is 0.493 e. The molecule has 140 valence electrons. The van der Waals surface area contributed by atoms with E-state index >= 15 is 0 Å². The van der Waals surface area contributed by atoms with Crippen LogP contribution >= 0.6 is 0 Å². The van der Waals surface area contributed by atoms with Crippen LogP contribution < -0.4 is 25.2 Å². The first-order valence-corrected chi connectivity index (χ1v) is 8.18. The highest BCUT2D eigenvalue weighted by Gasteiger charge is 2.13. The van der Waals surface area contributed by atoms with Crippen LogP contribution in [0.25, 0.3) is 0 Å². The second-order valence-corrected chi connectivity index (χ2v) is 5.80. The quantitative estimate of drug-likeness (QED) is 0.566. The van der Waals surface area contributed by atoms with Crippen molar-refractivity contribution in [3.8, 4) is 11.5 Å². The maximum Gasteiger partial charge on any atom is 0.305 e. The number of amides is 2. The van der Waals surface area contributed by atoms with Gasteiger partial charge in [0.1, 0.15) is 0 Å². The van der Waals surface area contributed by atoms with Crippen molar-refractivity contribution in [3.05, 3.63) is 47.9 Å². The van der Waals surface area contributed by atoms with Gasteiger partial charge in [0, 0.05) is 6.42 Å². The van der Waals surface area contributed by atoms with E-state index in [1.807, 2.05) is 25.2 Å². The number of benzene rings is 1. The predicted molar refractivity (Wildman–Crippen MR) is 94.2 cm³/mol. The van der Waals surface area contributed by atoms with Crippen LogP contribution in [-0.2, 0) is 11.2 Å². The van der Waals surface area contributed by atoms with Gasteiger partial charge in [-0.3, -0.25) is 20.4 Å². The van der Waals surface area contributed by atoms with Gasteiger partial charge in [-0.1, -0.05) is 6.07 Å². The minimum atomic E-state index is -0.494. The summed E-state index contributed by atoms with van der Waals surface area (Å²) < 4.78 is 15.5. The summed E-state index contributed by atoms with van der Waals surface area (Å²) in [4.78, 5) is 24.6. The van der Waals surface area contributed by atoms with Crippen LogP contribution in [0, 0.1) is 0 Å². The van der Waals surface area contributed by atoms with Crippen molar-refractivity contribution in [2.75, 3.05) is 34.4 Å². The molecule has 0 aliphatic heterocycles. The first kappa shape index (κ1) is 19.3. The minimum Gasteiger partial charge on any atom is -0.493 e. The Morgan fingerprint density at radius 3 is 2.54 bits per heavy atom. The summed E-state index contributed by atoms with van der Waals surface area (Å²) in [6.07, 6.45) is 2.17. The topological polar surface area (TPSA) is 94.2 Å². The van der Waals surface area contributed by atoms with Gasteiger partial charge in [0.2, 0.25) is 0 Å². The van der Waals surface area contributed by atoms with E-state index in [1.165, 1.54) is 12.3 Å². The number of methoxy groups -OCH3 is 2. The summed E-state index contributed by atoms with van der Waals surface area (Å²) in [6.45, 7) is 0.973. The maximum absolute atomic E-state index is 11.9. The maximum atomic E-state index is 11.9. The molecule has 3 N–H and O–H groups in total. The van der Waals surface area contributed by atoms with Crippen LogP contribution in [0.2, 0.25) is 0 Å². The van der Waals surface area contributed by atoms with E-state index in [1.54, 1.807) is 20.3 Å². The summed E-state index contributed by atoms with van der Waals surface area (Å²) in [5.41, 5.74) is 5.78. The second-order valence-electron chi connectivity index (χ2n) is 5.80. The molecule has 1 aromatic carbocycles. The highest BCUT2D eigenvalue weighted by atomic mass is 16.5. The Kier molecular flexibility index (Phi) is 7.04. The van der Waals surface area contributed by atoms with Gasteiger partial charge in [-0.15, -0.1) is 0 Å². The molecule has 1 aromatic heterocycles. The lowest BCUT2D eigenvalue weighted by atomic mass is 10.1. The van der Waals surface area contributed by atoms with Crippen molar-refractivity contribution in [3.63, 3.8) is 0 Å². The van der Waals surface area contributed by atoms with Crippen LogP contribution in [0.15, 0.2) is 41.0 Å². The molecule has 2 rings (SSSR count). The number of likely N-dealkylation sites (N-methyl/N-ethyl adjacent to an activating group) is 1. The Hall–Kier alpha value is -3.00. The number of hydrazine groups is 1. The Bertz CT molecular complexity index is 730. The molecule has 0 bridgehead atoms. The van der Waals surface area contributed by atoms with Crippen LogP contribution in [0.1, 0.15) is 16.1 Å². The van der Waals surface area contributed by atoms with Crippen LogP contribution in [0.4, 0.5) is 0 Å². The number of furan rings is 1. The Morgan fingerprint density at radius 2 is 1.88 bits per heavy atom. The number of quaternary nitrogens is 1. The SMILES string of the molecule is COc1ccc(CC[NH+](C)CC(=O)NNC(=O)c2ccco2)cc1OC. The zero-order chi connectivity index (χ0) is 18.9.